The quantitative estimate of drug-likeness (QED) is 0.869. The Morgan fingerprint density at radius 1 is 1.41 bits per heavy atom. The lowest BCUT2D eigenvalue weighted by Crippen LogP contribution is -2.14. The maximum absolute atomic E-state index is 5.85. The molecule has 1 aliphatic carbocycles. The first-order chi connectivity index (χ1) is 8.19. The first-order valence-electron chi connectivity index (χ1n) is 6.35. The van der Waals surface area contributed by atoms with Crippen molar-refractivity contribution in [3.05, 3.63) is 17.6 Å². The summed E-state index contributed by atoms with van der Waals surface area (Å²) in [5.74, 6) is 1.97. The highest BCUT2D eigenvalue weighted by Gasteiger charge is 2.19. The lowest BCUT2D eigenvalue weighted by Gasteiger charge is -2.13. The third kappa shape index (κ3) is 3.16. The van der Waals surface area contributed by atoms with Crippen LogP contribution in [0.15, 0.2) is 6.07 Å². The largest absolute Gasteiger partial charge is 0.384 e. The van der Waals surface area contributed by atoms with Gasteiger partial charge < -0.3 is 10.5 Å². The molecule has 2 rings (SSSR count). The third-order valence-electron chi connectivity index (χ3n) is 3.46. The molecule has 4 heteroatoms. The summed E-state index contributed by atoms with van der Waals surface area (Å²) < 4.78 is 5.24. The Morgan fingerprint density at radius 2 is 2.12 bits per heavy atom. The molecule has 1 atom stereocenters. The SMILES string of the molecule is COC(C)Cc1nc(N)cc(C2CCCC2)n1. The molecule has 4 nitrogen and oxygen atoms in total. The van der Waals surface area contributed by atoms with Gasteiger partial charge in [-0.05, 0) is 19.8 Å². The van der Waals surface area contributed by atoms with Crippen molar-refractivity contribution in [2.45, 2.75) is 51.0 Å². The van der Waals surface area contributed by atoms with Crippen LogP contribution in [-0.2, 0) is 11.2 Å². The molecule has 0 saturated heterocycles. The molecule has 0 spiro atoms. The second-order valence-electron chi connectivity index (χ2n) is 4.87. The summed E-state index contributed by atoms with van der Waals surface area (Å²) in [6.45, 7) is 2.02. The summed E-state index contributed by atoms with van der Waals surface area (Å²) in [5.41, 5.74) is 6.97. The Hall–Kier alpha value is -1.16. The lowest BCUT2D eigenvalue weighted by atomic mass is 10.0. The van der Waals surface area contributed by atoms with Crippen LogP contribution in [0.4, 0.5) is 5.82 Å². The van der Waals surface area contributed by atoms with Gasteiger partial charge >= 0.3 is 0 Å². The molecule has 1 heterocycles. The van der Waals surface area contributed by atoms with E-state index in [2.05, 4.69) is 9.97 Å². The topological polar surface area (TPSA) is 61.0 Å². The molecule has 1 unspecified atom stereocenters. The van der Waals surface area contributed by atoms with Crippen LogP contribution in [-0.4, -0.2) is 23.2 Å². The summed E-state index contributed by atoms with van der Waals surface area (Å²) in [7, 11) is 1.70. The number of rotatable bonds is 4. The van der Waals surface area contributed by atoms with E-state index in [9.17, 15) is 0 Å². The number of hydrogen-bond donors (Lipinski definition) is 1. The fourth-order valence-electron chi connectivity index (χ4n) is 2.40. The first-order valence-corrected chi connectivity index (χ1v) is 6.35. The molecule has 0 radical (unpaired) electrons. The van der Waals surface area contributed by atoms with E-state index in [1.807, 2.05) is 13.0 Å². The van der Waals surface area contributed by atoms with Gasteiger partial charge in [0.2, 0.25) is 0 Å². The lowest BCUT2D eigenvalue weighted by molar-refractivity contribution is 0.117. The Balaban J connectivity index is 2.16. The number of nitrogens with zero attached hydrogens (tertiary/aromatic N) is 2. The van der Waals surface area contributed by atoms with Crippen molar-refractivity contribution in [2.24, 2.45) is 0 Å². The molecule has 94 valence electrons. The third-order valence-corrected chi connectivity index (χ3v) is 3.46. The van der Waals surface area contributed by atoms with Crippen molar-refractivity contribution in [1.82, 2.24) is 9.97 Å². The van der Waals surface area contributed by atoms with Crippen molar-refractivity contribution in [3.8, 4) is 0 Å². The molecule has 1 aromatic rings. The minimum Gasteiger partial charge on any atom is -0.384 e. The summed E-state index contributed by atoms with van der Waals surface area (Å²) in [6.07, 6.45) is 5.93. The molecule has 2 N–H and O–H groups in total. The molecule has 0 aliphatic heterocycles. The van der Waals surface area contributed by atoms with E-state index in [1.54, 1.807) is 7.11 Å². The molecule has 1 aliphatic rings. The monoisotopic (exact) mass is 235 g/mol. The number of nitrogen functional groups attached to an aromatic ring is 1. The van der Waals surface area contributed by atoms with E-state index in [0.29, 0.717) is 11.7 Å². The number of aromatic nitrogens is 2. The van der Waals surface area contributed by atoms with E-state index >= 15 is 0 Å². The van der Waals surface area contributed by atoms with Gasteiger partial charge in [-0.25, -0.2) is 9.97 Å². The van der Waals surface area contributed by atoms with Crippen LogP contribution in [0.1, 0.15) is 50.0 Å². The van der Waals surface area contributed by atoms with Crippen molar-refractivity contribution >= 4 is 5.82 Å². The van der Waals surface area contributed by atoms with Gasteiger partial charge in [0, 0.05) is 31.2 Å². The fourth-order valence-corrected chi connectivity index (χ4v) is 2.40. The van der Waals surface area contributed by atoms with Crippen molar-refractivity contribution < 1.29 is 4.74 Å². The van der Waals surface area contributed by atoms with Gasteiger partial charge in [0.05, 0.1) is 6.10 Å². The molecular formula is C13H21N3O. The Kier molecular flexibility index (Phi) is 3.94. The van der Waals surface area contributed by atoms with E-state index in [4.69, 9.17) is 10.5 Å². The smallest absolute Gasteiger partial charge is 0.133 e. The predicted molar refractivity (Wildman–Crippen MR) is 67.8 cm³/mol. The van der Waals surface area contributed by atoms with Crippen LogP contribution in [0.3, 0.4) is 0 Å². The van der Waals surface area contributed by atoms with Crippen LogP contribution >= 0.6 is 0 Å². The molecule has 1 aromatic heterocycles. The Labute approximate surface area is 103 Å². The maximum atomic E-state index is 5.85. The van der Waals surface area contributed by atoms with Crippen LogP contribution in [0, 0.1) is 0 Å². The van der Waals surface area contributed by atoms with Gasteiger partial charge in [-0.1, -0.05) is 12.8 Å². The zero-order chi connectivity index (χ0) is 12.3. The highest BCUT2D eigenvalue weighted by molar-refractivity contribution is 5.31. The van der Waals surface area contributed by atoms with Gasteiger partial charge in [-0.15, -0.1) is 0 Å². The van der Waals surface area contributed by atoms with Crippen LogP contribution in [0.2, 0.25) is 0 Å². The molecule has 1 saturated carbocycles. The normalized spacial score (nSPS) is 18.5. The number of anilines is 1. The number of hydrogen-bond acceptors (Lipinski definition) is 4. The Bertz CT molecular complexity index is 375. The van der Waals surface area contributed by atoms with Crippen LogP contribution < -0.4 is 5.73 Å². The maximum Gasteiger partial charge on any atom is 0.133 e. The Morgan fingerprint density at radius 3 is 2.76 bits per heavy atom. The predicted octanol–water partition coefficient (Wildman–Crippen LogP) is 2.29. The second kappa shape index (κ2) is 5.45. The van der Waals surface area contributed by atoms with E-state index < -0.39 is 0 Å². The van der Waals surface area contributed by atoms with Crippen LogP contribution in [0.25, 0.3) is 0 Å². The molecule has 0 aromatic carbocycles. The van der Waals surface area contributed by atoms with Gasteiger partial charge in [0.1, 0.15) is 11.6 Å². The highest BCUT2D eigenvalue weighted by atomic mass is 16.5. The average Bonchev–Trinajstić information content (AvgIpc) is 2.81. The molecule has 0 bridgehead atoms. The van der Waals surface area contributed by atoms with E-state index in [-0.39, 0.29) is 6.10 Å². The first kappa shape index (κ1) is 12.3. The minimum absolute atomic E-state index is 0.133. The number of methoxy groups -OCH3 is 1. The van der Waals surface area contributed by atoms with E-state index in [1.165, 1.54) is 25.7 Å². The average molecular weight is 235 g/mol. The zero-order valence-electron chi connectivity index (χ0n) is 10.6. The van der Waals surface area contributed by atoms with Gasteiger partial charge in [-0.2, -0.15) is 0 Å². The zero-order valence-corrected chi connectivity index (χ0v) is 10.6. The second-order valence-corrected chi connectivity index (χ2v) is 4.87. The van der Waals surface area contributed by atoms with Crippen LogP contribution in [0.5, 0.6) is 0 Å². The molecule has 0 amide bonds. The van der Waals surface area contributed by atoms with Gasteiger partial charge in [-0.3, -0.25) is 0 Å². The summed E-state index contributed by atoms with van der Waals surface area (Å²) in [6, 6.07) is 1.93. The molecule has 1 fully saturated rings. The van der Waals surface area contributed by atoms with Gasteiger partial charge in [0.25, 0.3) is 0 Å². The van der Waals surface area contributed by atoms with Crippen molar-refractivity contribution in [1.29, 1.82) is 0 Å². The highest BCUT2D eigenvalue weighted by Crippen LogP contribution is 2.33. The number of nitrogens with two attached hydrogens (primary N) is 1. The molecule has 17 heavy (non-hydrogen) atoms. The van der Waals surface area contributed by atoms with Crippen molar-refractivity contribution in [3.63, 3.8) is 0 Å². The standard InChI is InChI=1S/C13H21N3O/c1-9(17-2)7-13-15-11(8-12(14)16-13)10-5-3-4-6-10/h8-10H,3-7H2,1-2H3,(H2,14,15,16). The summed E-state index contributed by atoms with van der Waals surface area (Å²) >= 11 is 0. The minimum atomic E-state index is 0.133. The van der Waals surface area contributed by atoms with Gasteiger partial charge in [0.15, 0.2) is 0 Å². The van der Waals surface area contributed by atoms with Crippen molar-refractivity contribution in [2.75, 3.05) is 12.8 Å². The van der Waals surface area contributed by atoms with E-state index in [0.717, 1.165) is 17.9 Å². The molecular weight excluding hydrogens is 214 g/mol. The summed E-state index contributed by atoms with van der Waals surface area (Å²) in [4.78, 5) is 8.91. The number of ether oxygens (including phenoxy) is 1. The fraction of sp³-hybridized carbons (Fsp3) is 0.692. The summed E-state index contributed by atoms with van der Waals surface area (Å²) in [5, 5.41) is 0.